The molecule has 0 unspecified atom stereocenters. The van der Waals surface area contributed by atoms with Crippen LogP contribution in [-0.2, 0) is 6.54 Å². The van der Waals surface area contributed by atoms with Crippen LogP contribution >= 0.6 is 23.4 Å². The van der Waals surface area contributed by atoms with E-state index >= 15 is 0 Å². The fourth-order valence-electron chi connectivity index (χ4n) is 1.88. The zero-order valence-electron chi connectivity index (χ0n) is 10.2. The summed E-state index contributed by atoms with van der Waals surface area (Å²) < 4.78 is 0. The number of hydrogen-bond acceptors (Lipinski definition) is 3. The minimum absolute atomic E-state index is 0.576. The molecule has 1 aliphatic carbocycles. The van der Waals surface area contributed by atoms with E-state index in [1.54, 1.807) is 0 Å². The molecule has 4 heteroatoms. The molecule has 0 amide bonds. The van der Waals surface area contributed by atoms with Gasteiger partial charge in [0, 0.05) is 31.6 Å². The SMILES string of the molecule is CSCCN(Cc1ccc(Cl)nc1)CC1CC1. The van der Waals surface area contributed by atoms with Gasteiger partial charge in [-0.15, -0.1) is 0 Å². The van der Waals surface area contributed by atoms with Crippen LogP contribution in [0.4, 0.5) is 0 Å². The van der Waals surface area contributed by atoms with E-state index in [0.717, 1.165) is 12.5 Å². The summed E-state index contributed by atoms with van der Waals surface area (Å²) in [5, 5.41) is 0.576. The van der Waals surface area contributed by atoms with Crippen LogP contribution in [0.3, 0.4) is 0 Å². The molecule has 17 heavy (non-hydrogen) atoms. The molecule has 0 aliphatic heterocycles. The second-order valence-corrected chi connectivity index (χ2v) is 6.03. The molecule has 1 aliphatic rings. The van der Waals surface area contributed by atoms with Gasteiger partial charge in [-0.05, 0) is 36.6 Å². The Morgan fingerprint density at radius 1 is 1.47 bits per heavy atom. The summed E-state index contributed by atoms with van der Waals surface area (Å²) in [7, 11) is 0. The van der Waals surface area contributed by atoms with E-state index in [-0.39, 0.29) is 0 Å². The topological polar surface area (TPSA) is 16.1 Å². The van der Waals surface area contributed by atoms with Crippen molar-refractivity contribution in [3.8, 4) is 0 Å². The van der Waals surface area contributed by atoms with Crippen LogP contribution in [0.15, 0.2) is 18.3 Å². The van der Waals surface area contributed by atoms with Crippen LogP contribution in [0.2, 0.25) is 5.15 Å². The van der Waals surface area contributed by atoms with Crippen molar-refractivity contribution in [2.24, 2.45) is 5.92 Å². The maximum atomic E-state index is 5.80. The van der Waals surface area contributed by atoms with E-state index in [4.69, 9.17) is 11.6 Å². The lowest BCUT2D eigenvalue weighted by Crippen LogP contribution is -2.28. The monoisotopic (exact) mass is 270 g/mol. The lowest BCUT2D eigenvalue weighted by atomic mass is 10.2. The summed E-state index contributed by atoms with van der Waals surface area (Å²) in [5.41, 5.74) is 1.26. The number of halogens is 1. The summed E-state index contributed by atoms with van der Waals surface area (Å²) in [6.45, 7) is 3.41. The molecule has 1 saturated carbocycles. The Bertz CT molecular complexity index is 338. The highest BCUT2D eigenvalue weighted by Crippen LogP contribution is 2.30. The highest BCUT2D eigenvalue weighted by Gasteiger charge is 2.24. The Hall–Kier alpha value is -0.250. The van der Waals surface area contributed by atoms with Crippen LogP contribution in [0.1, 0.15) is 18.4 Å². The van der Waals surface area contributed by atoms with Crippen molar-refractivity contribution in [1.29, 1.82) is 0 Å². The first-order valence-corrected chi connectivity index (χ1v) is 7.87. The third-order valence-corrected chi connectivity index (χ3v) is 3.83. The predicted molar refractivity (Wildman–Crippen MR) is 75.6 cm³/mol. The summed E-state index contributed by atoms with van der Waals surface area (Å²) in [6, 6.07) is 3.95. The number of aromatic nitrogens is 1. The number of thioether (sulfide) groups is 1. The second-order valence-electron chi connectivity index (χ2n) is 4.66. The quantitative estimate of drug-likeness (QED) is 0.707. The first-order chi connectivity index (χ1) is 8.28. The van der Waals surface area contributed by atoms with E-state index in [9.17, 15) is 0 Å². The van der Waals surface area contributed by atoms with Crippen molar-refractivity contribution in [2.45, 2.75) is 19.4 Å². The minimum atomic E-state index is 0.576. The van der Waals surface area contributed by atoms with Gasteiger partial charge in [-0.25, -0.2) is 4.98 Å². The van der Waals surface area contributed by atoms with Gasteiger partial charge in [0.2, 0.25) is 0 Å². The number of nitrogens with zero attached hydrogens (tertiary/aromatic N) is 2. The molecule has 0 N–H and O–H groups in total. The molecule has 0 spiro atoms. The molecule has 1 aromatic heterocycles. The molecular formula is C13H19ClN2S. The minimum Gasteiger partial charge on any atom is -0.298 e. The summed E-state index contributed by atoms with van der Waals surface area (Å²) in [4.78, 5) is 6.68. The summed E-state index contributed by atoms with van der Waals surface area (Å²) in [6.07, 6.45) is 6.88. The third-order valence-electron chi connectivity index (χ3n) is 3.02. The molecule has 0 aromatic carbocycles. The molecule has 1 heterocycles. The Morgan fingerprint density at radius 2 is 2.29 bits per heavy atom. The van der Waals surface area contributed by atoms with Crippen molar-refractivity contribution in [1.82, 2.24) is 9.88 Å². The normalized spacial score (nSPS) is 15.5. The highest BCUT2D eigenvalue weighted by atomic mass is 35.5. The number of pyridine rings is 1. The lowest BCUT2D eigenvalue weighted by Gasteiger charge is -2.21. The Morgan fingerprint density at radius 3 is 2.88 bits per heavy atom. The van der Waals surface area contributed by atoms with Gasteiger partial charge in [0.1, 0.15) is 5.15 Å². The largest absolute Gasteiger partial charge is 0.298 e. The average molecular weight is 271 g/mol. The zero-order valence-corrected chi connectivity index (χ0v) is 11.8. The fourth-order valence-corrected chi connectivity index (χ4v) is 2.43. The Kier molecular flexibility index (Phi) is 5.14. The van der Waals surface area contributed by atoms with Crippen molar-refractivity contribution in [2.75, 3.05) is 25.1 Å². The van der Waals surface area contributed by atoms with Gasteiger partial charge < -0.3 is 0 Å². The molecule has 94 valence electrons. The van der Waals surface area contributed by atoms with Gasteiger partial charge in [0.25, 0.3) is 0 Å². The Balaban J connectivity index is 1.87. The summed E-state index contributed by atoms with van der Waals surface area (Å²) >= 11 is 7.71. The van der Waals surface area contributed by atoms with Crippen LogP contribution < -0.4 is 0 Å². The van der Waals surface area contributed by atoms with E-state index in [1.807, 2.05) is 24.0 Å². The van der Waals surface area contributed by atoms with Crippen molar-refractivity contribution >= 4 is 23.4 Å². The molecular weight excluding hydrogens is 252 g/mol. The van der Waals surface area contributed by atoms with Gasteiger partial charge in [-0.1, -0.05) is 17.7 Å². The lowest BCUT2D eigenvalue weighted by molar-refractivity contribution is 0.270. The first-order valence-electron chi connectivity index (χ1n) is 6.09. The third kappa shape index (κ3) is 4.86. The molecule has 0 atom stereocenters. The van der Waals surface area contributed by atoms with Crippen LogP contribution in [-0.4, -0.2) is 35.0 Å². The number of hydrogen-bond donors (Lipinski definition) is 0. The van der Waals surface area contributed by atoms with Crippen molar-refractivity contribution in [3.05, 3.63) is 29.0 Å². The average Bonchev–Trinajstić information content (AvgIpc) is 3.13. The van der Waals surface area contributed by atoms with Gasteiger partial charge in [0.15, 0.2) is 0 Å². The molecule has 2 rings (SSSR count). The van der Waals surface area contributed by atoms with Crippen LogP contribution in [0.5, 0.6) is 0 Å². The van der Waals surface area contributed by atoms with Crippen LogP contribution in [0, 0.1) is 5.92 Å². The van der Waals surface area contributed by atoms with E-state index < -0.39 is 0 Å². The molecule has 0 radical (unpaired) electrons. The fraction of sp³-hybridized carbons (Fsp3) is 0.615. The highest BCUT2D eigenvalue weighted by molar-refractivity contribution is 7.98. The molecule has 1 aromatic rings. The zero-order chi connectivity index (χ0) is 12.1. The van der Waals surface area contributed by atoms with Crippen molar-refractivity contribution < 1.29 is 0 Å². The first kappa shape index (κ1) is 13.2. The molecule has 0 bridgehead atoms. The maximum Gasteiger partial charge on any atom is 0.129 e. The maximum absolute atomic E-state index is 5.80. The standard InChI is InChI=1S/C13H19ClN2S/c1-17-7-6-16(9-11-2-3-11)10-12-4-5-13(14)15-8-12/h4-5,8,11H,2-3,6-7,9-10H2,1H3. The smallest absolute Gasteiger partial charge is 0.129 e. The van der Waals surface area contributed by atoms with Gasteiger partial charge in [0.05, 0.1) is 0 Å². The Labute approximate surface area is 113 Å². The molecule has 1 fully saturated rings. The predicted octanol–water partition coefficient (Wildman–Crippen LogP) is 3.31. The van der Waals surface area contributed by atoms with Gasteiger partial charge in [-0.3, -0.25) is 4.90 Å². The molecule has 2 nitrogen and oxygen atoms in total. The van der Waals surface area contributed by atoms with E-state index in [0.29, 0.717) is 5.15 Å². The number of rotatable bonds is 7. The second kappa shape index (κ2) is 6.62. The van der Waals surface area contributed by atoms with E-state index in [2.05, 4.69) is 22.2 Å². The summed E-state index contributed by atoms with van der Waals surface area (Å²) in [5.74, 6) is 2.14. The van der Waals surface area contributed by atoms with Gasteiger partial charge >= 0.3 is 0 Å². The van der Waals surface area contributed by atoms with Crippen LogP contribution in [0.25, 0.3) is 0 Å². The van der Waals surface area contributed by atoms with Crippen molar-refractivity contribution in [3.63, 3.8) is 0 Å². The van der Waals surface area contributed by atoms with Gasteiger partial charge in [-0.2, -0.15) is 11.8 Å². The van der Waals surface area contributed by atoms with E-state index in [1.165, 1.54) is 37.2 Å². The molecule has 0 saturated heterocycles.